The van der Waals surface area contributed by atoms with Crippen LogP contribution in [0.5, 0.6) is 0 Å². The zero-order chi connectivity index (χ0) is 11.6. The summed E-state index contributed by atoms with van der Waals surface area (Å²) in [5.41, 5.74) is 2.32. The fourth-order valence-electron chi connectivity index (χ4n) is 4.60. The van der Waals surface area contributed by atoms with E-state index >= 15 is 0 Å². The third-order valence-electron chi connectivity index (χ3n) is 5.65. The molecule has 1 spiro atoms. The Hall–Kier alpha value is -0.300. The monoisotopic (exact) mass is 220 g/mol. The fraction of sp³-hybridized carbons (Fsp3) is 0.867. The molecule has 1 heteroatoms. The molecule has 0 aromatic heterocycles. The van der Waals surface area contributed by atoms with Gasteiger partial charge in [-0.25, -0.2) is 0 Å². The van der Waals surface area contributed by atoms with Crippen molar-refractivity contribution in [2.75, 3.05) is 0 Å². The Morgan fingerprint density at radius 3 is 2.69 bits per heavy atom. The number of allylic oxidation sites excluding steroid dienone is 2. The van der Waals surface area contributed by atoms with E-state index in [2.05, 4.69) is 33.8 Å². The van der Waals surface area contributed by atoms with E-state index in [4.69, 9.17) is 4.74 Å². The molecule has 1 unspecified atom stereocenters. The third-order valence-corrected chi connectivity index (χ3v) is 5.65. The molecule has 1 nitrogen and oxygen atoms in total. The van der Waals surface area contributed by atoms with Gasteiger partial charge in [0, 0.05) is 11.3 Å². The molecule has 0 radical (unpaired) electrons. The molecular weight excluding hydrogens is 196 g/mol. The molecule has 1 aliphatic heterocycles. The Kier molecular flexibility index (Phi) is 1.98. The van der Waals surface area contributed by atoms with Gasteiger partial charge in [-0.15, -0.1) is 0 Å². The van der Waals surface area contributed by atoms with E-state index in [9.17, 15) is 0 Å². The summed E-state index contributed by atoms with van der Waals surface area (Å²) >= 11 is 0. The van der Waals surface area contributed by atoms with Crippen molar-refractivity contribution in [3.8, 4) is 0 Å². The molecule has 1 heterocycles. The minimum Gasteiger partial charge on any atom is -0.368 e. The van der Waals surface area contributed by atoms with E-state index < -0.39 is 0 Å². The number of hydrogen-bond acceptors (Lipinski definition) is 1. The Morgan fingerprint density at radius 1 is 1.25 bits per heavy atom. The van der Waals surface area contributed by atoms with Crippen molar-refractivity contribution in [3.63, 3.8) is 0 Å². The van der Waals surface area contributed by atoms with Gasteiger partial charge in [-0.2, -0.15) is 0 Å². The van der Waals surface area contributed by atoms with Crippen LogP contribution in [0.4, 0.5) is 0 Å². The summed E-state index contributed by atoms with van der Waals surface area (Å²) in [6.45, 7) is 9.29. The van der Waals surface area contributed by atoms with Gasteiger partial charge in [-0.05, 0) is 52.9 Å². The van der Waals surface area contributed by atoms with Crippen LogP contribution in [-0.4, -0.2) is 11.2 Å². The van der Waals surface area contributed by atoms with Gasteiger partial charge in [-0.1, -0.05) is 18.6 Å². The van der Waals surface area contributed by atoms with Gasteiger partial charge in [0.25, 0.3) is 0 Å². The van der Waals surface area contributed by atoms with E-state index in [1.807, 2.05) is 0 Å². The fourth-order valence-corrected chi connectivity index (χ4v) is 4.60. The Balaban J connectivity index is 1.97. The lowest BCUT2D eigenvalue weighted by Gasteiger charge is -2.62. The average molecular weight is 220 g/mol. The van der Waals surface area contributed by atoms with E-state index in [0.717, 1.165) is 5.92 Å². The average Bonchev–Trinajstić information content (AvgIpc) is 2.36. The van der Waals surface area contributed by atoms with Gasteiger partial charge in [0.15, 0.2) is 0 Å². The Morgan fingerprint density at radius 2 is 2.00 bits per heavy atom. The maximum absolute atomic E-state index is 6.44. The van der Waals surface area contributed by atoms with Gasteiger partial charge >= 0.3 is 0 Å². The number of hydrogen-bond donors (Lipinski definition) is 0. The molecule has 2 fully saturated rings. The highest BCUT2D eigenvalue weighted by atomic mass is 16.6. The highest BCUT2D eigenvalue weighted by Crippen LogP contribution is 2.68. The topological polar surface area (TPSA) is 9.23 Å². The van der Waals surface area contributed by atoms with Crippen LogP contribution in [0.3, 0.4) is 0 Å². The molecule has 3 atom stereocenters. The maximum atomic E-state index is 6.44. The molecule has 16 heavy (non-hydrogen) atoms. The third kappa shape index (κ3) is 1.11. The quantitative estimate of drug-likeness (QED) is 0.559. The molecule has 2 aliphatic carbocycles. The highest BCUT2D eigenvalue weighted by Gasteiger charge is 2.70. The minimum absolute atomic E-state index is 0.135. The zero-order valence-corrected chi connectivity index (χ0v) is 11.1. The first-order valence-corrected chi connectivity index (χ1v) is 6.75. The van der Waals surface area contributed by atoms with Gasteiger partial charge in [0.1, 0.15) is 0 Å². The first kappa shape index (κ1) is 10.8. The largest absolute Gasteiger partial charge is 0.368 e. The van der Waals surface area contributed by atoms with Crippen LogP contribution in [0.2, 0.25) is 0 Å². The standard InChI is InChI=1S/C15H24O/c1-11-5-8-14(4)9-7-12-13(2,3)16-15(12,14)10-6-11/h5,12H,6-10H2,1-4H3/t12-,14?,15+/m0/s1. The van der Waals surface area contributed by atoms with Crippen molar-refractivity contribution in [2.24, 2.45) is 11.3 Å². The first-order chi connectivity index (χ1) is 7.40. The van der Waals surface area contributed by atoms with Crippen molar-refractivity contribution in [1.29, 1.82) is 0 Å². The van der Waals surface area contributed by atoms with E-state index in [0.29, 0.717) is 5.41 Å². The molecule has 0 bridgehead atoms. The summed E-state index contributed by atoms with van der Waals surface area (Å²) in [7, 11) is 0. The van der Waals surface area contributed by atoms with Crippen molar-refractivity contribution in [3.05, 3.63) is 11.6 Å². The van der Waals surface area contributed by atoms with Gasteiger partial charge < -0.3 is 4.74 Å². The lowest BCUT2D eigenvalue weighted by molar-refractivity contribution is -0.330. The van der Waals surface area contributed by atoms with Crippen LogP contribution in [0.25, 0.3) is 0 Å². The van der Waals surface area contributed by atoms with Crippen molar-refractivity contribution in [1.82, 2.24) is 0 Å². The number of rotatable bonds is 0. The van der Waals surface area contributed by atoms with Gasteiger partial charge in [0.2, 0.25) is 0 Å². The molecule has 0 aromatic carbocycles. The predicted molar refractivity (Wildman–Crippen MR) is 66.3 cm³/mol. The second-order valence-electron chi connectivity index (χ2n) is 7.00. The van der Waals surface area contributed by atoms with Crippen LogP contribution in [0, 0.1) is 11.3 Å². The normalized spacial score (nSPS) is 49.8. The summed E-state index contributed by atoms with van der Waals surface area (Å²) in [4.78, 5) is 0. The minimum atomic E-state index is 0.135. The second-order valence-corrected chi connectivity index (χ2v) is 7.00. The van der Waals surface area contributed by atoms with Crippen molar-refractivity contribution >= 4 is 0 Å². The first-order valence-electron chi connectivity index (χ1n) is 6.75. The molecule has 1 saturated heterocycles. The summed E-state index contributed by atoms with van der Waals surface area (Å²) < 4.78 is 6.44. The van der Waals surface area contributed by atoms with E-state index in [1.54, 1.807) is 5.57 Å². The predicted octanol–water partition coefficient (Wildman–Crippen LogP) is 4.08. The number of ether oxygens (including phenoxy) is 1. The lowest BCUT2D eigenvalue weighted by Crippen LogP contribution is -2.68. The van der Waals surface area contributed by atoms with Crippen LogP contribution in [0.1, 0.15) is 59.8 Å². The Bertz CT molecular complexity index is 354. The lowest BCUT2D eigenvalue weighted by atomic mass is 9.61. The SMILES string of the molecule is CC1=CCC2(C)CC[C@H]3C(C)(C)O[C@]32CC1. The van der Waals surface area contributed by atoms with Gasteiger partial charge in [-0.3, -0.25) is 0 Å². The van der Waals surface area contributed by atoms with Crippen LogP contribution in [-0.2, 0) is 4.74 Å². The molecule has 0 N–H and O–H groups in total. The van der Waals surface area contributed by atoms with Crippen molar-refractivity contribution < 1.29 is 4.74 Å². The molecule has 3 aliphatic rings. The summed E-state index contributed by atoms with van der Waals surface area (Å²) in [5, 5.41) is 0. The van der Waals surface area contributed by atoms with Crippen LogP contribution >= 0.6 is 0 Å². The molecule has 3 rings (SSSR count). The Labute approximate surface area is 99.3 Å². The summed E-state index contributed by atoms with van der Waals surface area (Å²) in [6.07, 6.45) is 8.90. The molecule has 0 aromatic rings. The smallest absolute Gasteiger partial charge is 0.0804 e. The van der Waals surface area contributed by atoms with E-state index in [1.165, 1.54) is 32.1 Å². The van der Waals surface area contributed by atoms with E-state index in [-0.39, 0.29) is 11.2 Å². The van der Waals surface area contributed by atoms with Crippen LogP contribution in [0.15, 0.2) is 11.6 Å². The van der Waals surface area contributed by atoms with Crippen LogP contribution < -0.4 is 0 Å². The molecule has 90 valence electrons. The summed E-state index contributed by atoms with van der Waals surface area (Å²) in [5.74, 6) is 0.796. The highest BCUT2D eigenvalue weighted by molar-refractivity contribution is 5.23. The molecular formula is C15H24O. The summed E-state index contributed by atoms with van der Waals surface area (Å²) in [6, 6.07) is 0. The van der Waals surface area contributed by atoms with Crippen molar-refractivity contribution in [2.45, 2.75) is 71.0 Å². The molecule has 0 amide bonds. The second kappa shape index (κ2) is 2.93. The maximum Gasteiger partial charge on any atom is 0.0804 e. The van der Waals surface area contributed by atoms with Gasteiger partial charge in [0.05, 0.1) is 11.2 Å². The zero-order valence-electron chi connectivity index (χ0n) is 11.1. The molecule has 1 saturated carbocycles.